The second-order valence-electron chi connectivity index (χ2n) is 19.6. The van der Waals surface area contributed by atoms with E-state index in [1.54, 1.807) is 48.5 Å². The number of hydrogen-bond donors (Lipinski definition) is 0. The van der Waals surface area contributed by atoms with E-state index in [-0.39, 0.29) is 16.6 Å². The largest absolute Gasteiger partial charge is 0.486 e. The van der Waals surface area contributed by atoms with Gasteiger partial charge < -0.3 is 23.0 Å². The molecule has 5 aromatic rings. The summed E-state index contributed by atoms with van der Waals surface area (Å²) in [6.07, 6.45) is 2.72. The van der Waals surface area contributed by atoms with E-state index in [2.05, 4.69) is 53.7 Å². The van der Waals surface area contributed by atoms with Gasteiger partial charge in [0.05, 0.1) is 17.3 Å². The van der Waals surface area contributed by atoms with E-state index in [1.807, 2.05) is 57.9 Å². The summed E-state index contributed by atoms with van der Waals surface area (Å²) in [5, 5.41) is 0. The molecule has 2 atom stereocenters. The molecule has 0 saturated carbocycles. The van der Waals surface area contributed by atoms with E-state index < -0.39 is 80.1 Å². The third-order valence-electron chi connectivity index (χ3n) is 14.2. The highest BCUT2D eigenvalue weighted by Crippen LogP contribution is 2.61. The first kappa shape index (κ1) is 48.6. The Balaban J connectivity index is 1.54. The highest BCUT2D eigenvalue weighted by atomic mass is 28.4. The van der Waals surface area contributed by atoms with Crippen LogP contribution in [0.3, 0.4) is 0 Å². The summed E-state index contributed by atoms with van der Waals surface area (Å²) in [5.41, 5.74) is -1.09. The van der Waals surface area contributed by atoms with Crippen LogP contribution in [0.2, 0.25) is 22.4 Å². The molecule has 342 valence electrons. The lowest BCUT2D eigenvalue weighted by Gasteiger charge is -2.46. The maximum atomic E-state index is 15.1. The third-order valence-corrected chi connectivity index (χ3v) is 20.3. The van der Waals surface area contributed by atoms with Crippen LogP contribution in [-0.2, 0) is 40.7 Å². The predicted molar refractivity (Wildman–Crippen MR) is 255 cm³/mol. The zero-order valence-corrected chi connectivity index (χ0v) is 40.3. The Bertz CT molecular complexity index is 2150. The minimum Gasteiger partial charge on any atom is -0.413 e. The lowest BCUT2D eigenvalue weighted by Crippen LogP contribution is -2.52. The zero-order chi connectivity index (χ0) is 47.0. The van der Waals surface area contributed by atoms with Crippen LogP contribution < -0.4 is 0 Å². The van der Waals surface area contributed by atoms with Crippen molar-refractivity contribution in [1.82, 2.24) is 0 Å². The average molecular weight is 905 g/mol. The molecule has 2 fully saturated rings. The summed E-state index contributed by atoms with van der Waals surface area (Å²) in [6.45, 7) is 21.5. The first-order valence-electron chi connectivity index (χ1n) is 22.9. The van der Waals surface area contributed by atoms with Gasteiger partial charge in [0.1, 0.15) is 34.5 Å². The molecule has 2 saturated heterocycles. The molecule has 2 aliphatic heterocycles. The van der Waals surface area contributed by atoms with Gasteiger partial charge in [-0.2, -0.15) is 0 Å². The first-order chi connectivity index (χ1) is 30.8. The van der Waals surface area contributed by atoms with Gasteiger partial charge in [-0.25, -0.2) is 17.6 Å². The molecule has 0 aromatic heterocycles. The van der Waals surface area contributed by atoms with Gasteiger partial charge in [0.25, 0.3) is 0 Å². The summed E-state index contributed by atoms with van der Waals surface area (Å²) in [5.74, 6) is -0.720. The Morgan fingerprint density at radius 3 is 1.22 bits per heavy atom. The van der Waals surface area contributed by atoms with Crippen LogP contribution in [0.1, 0.15) is 103 Å². The molecule has 0 spiro atoms. The minimum atomic E-state index is -2.68. The average Bonchev–Trinajstić information content (AvgIpc) is 3.72. The number of hydrogen-bond acceptors (Lipinski definition) is 5. The molecule has 0 radical (unpaired) electrons. The zero-order valence-electron chi connectivity index (χ0n) is 39.3. The Labute approximate surface area is 385 Å². The maximum absolute atomic E-state index is 15.1. The Morgan fingerprint density at radius 1 is 0.523 bits per heavy atom. The smallest absolute Gasteiger partial charge is 0.413 e. The predicted octanol–water partition coefficient (Wildman–Crippen LogP) is 13.7. The van der Waals surface area contributed by atoms with E-state index in [0.717, 1.165) is 5.56 Å². The van der Waals surface area contributed by atoms with Crippen molar-refractivity contribution in [3.8, 4) is 0 Å². The molecule has 12 heteroatoms. The van der Waals surface area contributed by atoms with Gasteiger partial charge in [0, 0.05) is 5.82 Å². The van der Waals surface area contributed by atoms with Crippen LogP contribution in [-0.4, -0.2) is 39.9 Å². The second kappa shape index (κ2) is 19.1. The van der Waals surface area contributed by atoms with Crippen molar-refractivity contribution in [2.75, 3.05) is 0 Å². The molecule has 0 amide bonds. The Kier molecular flexibility index (Phi) is 14.3. The fraction of sp³-hybridized carbons (Fsp3) is 0.396. The van der Waals surface area contributed by atoms with Gasteiger partial charge in [-0.1, -0.05) is 132 Å². The molecule has 0 N–H and O–H groups in total. The molecular formula is C53H62B2F4O5Si. The topological polar surface area (TPSA) is 46.2 Å². The molecule has 65 heavy (non-hydrogen) atoms. The molecule has 0 aliphatic carbocycles. The lowest BCUT2D eigenvalue weighted by atomic mass is 9.66. The van der Waals surface area contributed by atoms with Crippen molar-refractivity contribution in [3.05, 3.63) is 191 Å². The van der Waals surface area contributed by atoms with Crippen LogP contribution in [0.15, 0.2) is 139 Å². The summed E-state index contributed by atoms with van der Waals surface area (Å²) in [7, 11) is -4.58. The molecule has 2 aliphatic rings. The maximum Gasteiger partial charge on any atom is 0.486 e. The standard InChI is InChI=1S/C53H62B2F4O5Si/c1-36(2)65(37(3)4,38(5)6)60-49(33-16-39-14-12-11-13-15-39)48(34-35-54-61-50(7,8)51(9,10)62-54)55-63-52(40-17-25-44(56)26-18-40,41-19-27-45(57)28-20-41)53(64-55,42-21-29-46(58)30-22-42)43-23-31-47(59)32-24-43/h11-15,17-32,34-38,48-49H,16,33H2,1-10H3/b35-34-/t48-,49+/m1/s1. The fourth-order valence-electron chi connectivity index (χ4n) is 10.4. The third kappa shape index (κ3) is 9.24. The Hall–Kier alpha value is -4.29. The van der Waals surface area contributed by atoms with E-state index in [4.69, 9.17) is 23.0 Å². The number of rotatable bonds is 16. The summed E-state index contributed by atoms with van der Waals surface area (Å²) in [6, 6.07) is 34.0. The first-order valence-corrected chi connectivity index (χ1v) is 25.1. The van der Waals surface area contributed by atoms with Gasteiger partial charge in [0.2, 0.25) is 8.32 Å². The van der Waals surface area contributed by atoms with Crippen molar-refractivity contribution in [1.29, 1.82) is 0 Å². The van der Waals surface area contributed by atoms with E-state index >= 15 is 17.6 Å². The quantitative estimate of drug-likeness (QED) is 0.0729. The molecule has 2 heterocycles. The van der Waals surface area contributed by atoms with Crippen LogP contribution in [0, 0.1) is 23.3 Å². The van der Waals surface area contributed by atoms with Gasteiger partial charge in [-0.05, 0) is 134 Å². The van der Waals surface area contributed by atoms with Crippen LogP contribution in [0.5, 0.6) is 0 Å². The highest BCUT2D eigenvalue weighted by Gasteiger charge is 2.68. The van der Waals surface area contributed by atoms with E-state index in [0.29, 0.717) is 35.1 Å². The SMILES string of the molecule is CC(C)[Si](O[C@@H](CCc1ccccc1)[C@@H](/C=C\B1OC(C)(C)C(C)(C)O1)B1OC(c2ccc(F)cc2)(c2ccc(F)cc2)C(c2ccc(F)cc2)(c2ccc(F)cc2)O1)(C(C)C)C(C)C. The monoisotopic (exact) mass is 904 g/mol. The van der Waals surface area contributed by atoms with Crippen molar-refractivity contribution < 1.29 is 40.6 Å². The van der Waals surface area contributed by atoms with Crippen LogP contribution >= 0.6 is 0 Å². The van der Waals surface area contributed by atoms with Crippen LogP contribution in [0.4, 0.5) is 17.6 Å². The molecular weight excluding hydrogens is 842 g/mol. The number of benzene rings is 5. The van der Waals surface area contributed by atoms with E-state index in [9.17, 15) is 0 Å². The van der Waals surface area contributed by atoms with Gasteiger partial charge in [0.15, 0.2) is 0 Å². The van der Waals surface area contributed by atoms with Crippen molar-refractivity contribution in [2.45, 2.75) is 133 Å². The van der Waals surface area contributed by atoms with Crippen LogP contribution in [0.25, 0.3) is 0 Å². The second-order valence-corrected chi connectivity index (χ2v) is 25.0. The van der Waals surface area contributed by atoms with Crippen molar-refractivity contribution >= 4 is 22.6 Å². The summed E-state index contributed by atoms with van der Waals surface area (Å²) in [4.78, 5) is 0. The fourth-order valence-corrected chi connectivity index (χ4v) is 16.0. The number of aryl methyl sites for hydroxylation is 1. The highest BCUT2D eigenvalue weighted by molar-refractivity contribution is 6.77. The molecule has 5 nitrogen and oxygen atoms in total. The molecule has 5 aromatic carbocycles. The van der Waals surface area contributed by atoms with Crippen molar-refractivity contribution in [2.24, 2.45) is 0 Å². The Morgan fingerprint density at radius 2 is 0.877 bits per heavy atom. The minimum absolute atomic E-state index is 0.218. The van der Waals surface area contributed by atoms with Gasteiger partial charge in [-0.3, -0.25) is 0 Å². The molecule has 7 rings (SSSR count). The number of halogens is 4. The summed E-state index contributed by atoms with van der Waals surface area (Å²) < 4.78 is 96.7. The molecule has 0 unspecified atom stereocenters. The van der Waals surface area contributed by atoms with E-state index in [1.165, 1.54) is 48.5 Å². The molecule has 0 bridgehead atoms. The van der Waals surface area contributed by atoms with Crippen molar-refractivity contribution in [3.63, 3.8) is 0 Å². The summed E-state index contributed by atoms with van der Waals surface area (Å²) >= 11 is 0. The normalized spacial score (nSPS) is 18.9. The van der Waals surface area contributed by atoms with Gasteiger partial charge >= 0.3 is 14.2 Å². The lowest BCUT2D eigenvalue weighted by molar-refractivity contribution is 0.00351. The van der Waals surface area contributed by atoms with Gasteiger partial charge in [-0.15, -0.1) is 0 Å².